The minimum Gasteiger partial charge on any atom is -0.459 e. The fourth-order valence-electron chi connectivity index (χ4n) is 4.50. The smallest absolute Gasteiger partial charge is 0.408 e. The van der Waals surface area contributed by atoms with Crippen LogP contribution in [0.1, 0.15) is 57.6 Å². The van der Waals surface area contributed by atoms with Crippen LogP contribution in [0.15, 0.2) is 60.7 Å². The molecule has 2 aromatic carbocycles. The first-order chi connectivity index (χ1) is 20.7. The van der Waals surface area contributed by atoms with Crippen molar-refractivity contribution in [2.75, 3.05) is 6.54 Å². The Morgan fingerprint density at radius 2 is 1.47 bits per heavy atom. The topological polar surface area (TPSA) is 149 Å². The second kappa shape index (κ2) is 16.9. The van der Waals surface area contributed by atoms with Crippen molar-refractivity contribution in [3.8, 4) is 0 Å². The number of amides is 3. The Balaban J connectivity index is 1.48. The summed E-state index contributed by atoms with van der Waals surface area (Å²) in [5, 5.41) is 7.93. The van der Waals surface area contributed by atoms with Gasteiger partial charge < -0.3 is 30.2 Å². The SMILES string of the molecule is CCC(C)C1C(=O)OC1C(=O)NCCCCC(NC(=O)C(C)NC(=O)OCc1ccccc1)C(=O)OCc1ccccc1. The average molecular weight is 596 g/mol. The summed E-state index contributed by atoms with van der Waals surface area (Å²) in [6.45, 7) is 5.76. The minimum absolute atomic E-state index is 0.0408. The van der Waals surface area contributed by atoms with Gasteiger partial charge in [-0.3, -0.25) is 14.4 Å². The van der Waals surface area contributed by atoms with Gasteiger partial charge in [0.1, 0.15) is 31.2 Å². The molecule has 5 atom stereocenters. The molecule has 232 valence electrons. The van der Waals surface area contributed by atoms with Crippen molar-refractivity contribution in [2.45, 2.75) is 77.9 Å². The molecule has 1 aliphatic heterocycles. The second-order valence-electron chi connectivity index (χ2n) is 10.6. The highest BCUT2D eigenvalue weighted by Gasteiger charge is 2.49. The first-order valence-corrected chi connectivity index (χ1v) is 14.7. The normalized spacial score (nSPS) is 17.7. The van der Waals surface area contributed by atoms with E-state index in [0.717, 1.165) is 17.5 Å². The van der Waals surface area contributed by atoms with E-state index in [-0.39, 0.29) is 37.4 Å². The van der Waals surface area contributed by atoms with Crippen molar-refractivity contribution in [2.24, 2.45) is 11.8 Å². The third-order valence-corrected chi connectivity index (χ3v) is 7.34. The number of carbonyl (C=O) groups is 5. The van der Waals surface area contributed by atoms with Gasteiger partial charge in [0, 0.05) is 6.54 Å². The molecule has 2 aromatic rings. The number of hydrogen-bond acceptors (Lipinski definition) is 8. The summed E-state index contributed by atoms with van der Waals surface area (Å²) in [4.78, 5) is 62.3. The molecule has 0 bridgehead atoms. The standard InChI is InChI=1S/C32H41N3O8/c1-4-21(2)26-27(43-31(26)39)29(37)33-18-12-11-17-25(30(38)41-19-23-13-7-5-8-14-23)35-28(36)22(3)34-32(40)42-20-24-15-9-6-10-16-24/h5-10,13-16,21-22,25-27H,4,11-12,17-20H2,1-3H3,(H,33,37)(H,34,40)(H,35,36). The van der Waals surface area contributed by atoms with Gasteiger partial charge in [0.2, 0.25) is 5.91 Å². The Hall–Kier alpha value is -4.41. The number of hydrogen-bond donors (Lipinski definition) is 3. The number of nitrogens with one attached hydrogen (secondary N) is 3. The Bertz CT molecular complexity index is 1220. The number of ether oxygens (including phenoxy) is 3. The number of carbonyl (C=O) groups excluding carboxylic acids is 5. The molecule has 11 heteroatoms. The molecule has 0 aliphatic carbocycles. The van der Waals surface area contributed by atoms with Crippen molar-refractivity contribution >= 4 is 29.8 Å². The number of benzene rings is 2. The van der Waals surface area contributed by atoms with Crippen LogP contribution in [0.5, 0.6) is 0 Å². The lowest BCUT2D eigenvalue weighted by molar-refractivity contribution is -0.193. The van der Waals surface area contributed by atoms with E-state index < -0.39 is 42.1 Å². The van der Waals surface area contributed by atoms with Crippen LogP contribution < -0.4 is 16.0 Å². The average Bonchev–Trinajstić information content (AvgIpc) is 3.01. The Labute approximate surface area is 252 Å². The van der Waals surface area contributed by atoms with Crippen LogP contribution in [0.4, 0.5) is 4.79 Å². The van der Waals surface area contributed by atoms with Crippen LogP contribution >= 0.6 is 0 Å². The highest BCUT2D eigenvalue weighted by Crippen LogP contribution is 2.31. The molecule has 5 unspecified atom stereocenters. The molecule has 1 heterocycles. The molecule has 0 saturated carbocycles. The fourth-order valence-corrected chi connectivity index (χ4v) is 4.50. The number of esters is 2. The van der Waals surface area contributed by atoms with Crippen LogP contribution in [-0.2, 0) is 46.6 Å². The molecular weight excluding hydrogens is 554 g/mol. The maximum atomic E-state index is 13.0. The van der Waals surface area contributed by atoms with E-state index in [1.807, 2.05) is 74.5 Å². The van der Waals surface area contributed by atoms with Gasteiger partial charge in [0.25, 0.3) is 5.91 Å². The molecule has 3 rings (SSSR count). The predicted molar refractivity (Wildman–Crippen MR) is 157 cm³/mol. The second-order valence-corrected chi connectivity index (χ2v) is 10.6. The zero-order valence-electron chi connectivity index (χ0n) is 24.9. The number of unbranched alkanes of at least 4 members (excludes halogenated alkanes) is 1. The molecule has 0 aromatic heterocycles. The molecule has 43 heavy (non-hydrogen) atoms. The van der Waals surface area contributed by atoms with E-state index in [1.54, 1.807) is 0 Å². The summed E-state index contributed by atoms with van der Waals surface area (Å²) >= 11 is 0. The summed E-state index contributed by atoms with van der Waals surface area (Å²) in [5.74, 6) is -2.26. The van der Waals surface area contributed by atoms with Gasteiger partial charge in [-0.15, -0.1) is 0 Å². The van der Waals surface area contributed by atoms with Crippen LogP contribution in [0, 0.1) is 11.8 Å². The van der Waals surface area contributed by atoms with Gasteiger partial charge in [0.15, 0.2) is 6.10 Å². The molecular formula is C32H41N3O8. The lowest BCUT2D eigenvalue weighted by atomic mass is 9.83. The number of rotatable bonds is 16. The highest BCUT2D eigenvalue weighted by molar-refractivity contribution is 5.94. The van der Waals surface area contributed by atoms with Crippen molar-refractivity contribution in [1.82, 2.24) is 16.0 Å². The third-order valence-electron chi connectivity index (χ3n) is 7.34. The molecule has 1 aliphatic rings. The largest absolute Gasteiger partial charge is 0.459 e. The molecule has 3 amide bonds. The molecule has 1 fully saturated rings. The molecule has 0 spiro atoms. The zero-order valence-corrected chi connectivity index (χ0v) is 24.9. The van der Waals surface area contributed by atoms with Gasteiger partial charge in [-0.05, 0) is 43.2 Å². The van der Waals surface area contributed by atoms with Gasteiger partial charge >= 0.3 is 18.0 Å². The van der Waals surface area contributed by atoms with Gasteiger partial charge in [0.05, 0.1) is 0 Å². The Morgan fingerprint density at radius 3 is 2.05 bits per heavy atom. The van der Waals surface area contributed by atoms with E-state index in [4.69, 9.17) is 14.2 Å². The van der Waals surface area contributed by atoms with E-state index in [2.05, 4.69) is 16.0 Å². The highest BCUT2D eigenvalue weighted by atomic mass is 16.6. The van der Waals surface area contributed by atoms with Crippen molar-refractivity contribution in [3.05, 3.63) is 71.8 Å². The predicted octanol–water partition coefficient (Wildman–Crippen LogP) is 3.40. The van der Waals surface area contributed by atoms with E-state index in [9.17, 15) is 24.0 Å². The van der Waals surface area contributed by atoms with E-state index >= 15 is 0 Å². The van der Waals surface area contributed by atoms with Gasteiger partial charge in [-0.2, -0.15) is 0 Å². The molecule has 0 radical (unpaired) electrons. The van der Waals surface area contributed by atoms with Crippen molar-refractivity contribution in [1.29, 1.82) is 0 Å². The Kier molecular flexibility index (Phi) is 13.0. The maximum Gasteiger partial charge on any atom is 0.408 e. The summed E-state index contributed by atoms with van der Waals surface area (Å²) < 4.78 is 15.7. The summed E-state index contributed by atoms with van der Waals surface area (Å²) in [6.07, 6.45) is 0.451. The summed E-state index contributed by atoms with van der Waals surface area (Å²) in [5.41, 5.74) is 1.60. The van der Waals surface area contributed by atoms with Gasteiger partial charge in [-0.25, -0.2) is 9.59 Å². The van der Waals surface area contributed by atoms with Gasteiger partial charge in [-0.1, -0.05) is 80.9 Å². The first kappa shape index (κ1) is 33.1. The molecule has 1 saturated heterocycles. The van der Waals surface area contributed by atoms with Crippen LogP contribution in [0.25, 0.3) is 0 Å². The minimum atomic E-state index is -0.976. The number of alkyl carbamates (subject to hydrolysis) is 1. The van der Waals surface area contributed by atoms with Crippen LogP contribution in [0.3, 0.4) is 0 Å². The zero-order chi connectivity index (χ0) is 31.2. The third kappa shape index (κ3) is 10.4. The number of cyclic esters (lactones) is 1. The van der Waals surface area contributed by atoms with Crippen molar-refractivity contribution in [3.63, 3.8) is 0 Å². The summed E-state index contributed by atoms with van der Waals surface area (Å²) in [6, 6.07) is 16.3. The monoisotopic (exact) mass is 595 g/mol. The summed E-state index contributed by atoms with van der Waals surface area (Å²) in [7, 11) is 0. The molecule has 11 nitrogen and oxygen atoms in total. The lowest BCUT2D eigenvalue weighted by Gasteiger charge is -2.37. The molecule has 3 N–H and O–H groups in total. The van der Waals surface area contributed by atoms with Crippen LogP contribution in [-0.4, -0.2) is 54.6 Å². The van der Waals surface area contributed by atoms with Crippen molar-refractivity contribution < 1.29 is 38.2 Å². The quantitative estimate of drug-likeness (QED) is 0.152. The first-order valence-electron chi connectivity index (χ1n) is 14.7. The van der Waals surface area contributed by atoms with Crippen LogP contribution in [0.2, 0.25) is 0 Å². The maximum absolute atomic E-state index is 13.0. The Morgan fingerprint density at radius 1 is 0.860 bits per heavy atom. The lowest BCUT2D eigenvalue weighted by Crippen LogP contribution is -2.56. The fraction of sp³-hybridized carbons (Fsp3) is 0.469. The van der Waals surface area contributed by atoms with E-state index in [1.165, 1.54) is 6.92 Å². The van der Waals surface area contributed by atoms with E-state index in [0.29, 0.717) is 19.4 Å².